The van der Waals surface area contributed by atoms with E-state index in [0.29, 0.717) is 35.2 Å². The highest BCUT2D eigenvalue weighted by Gasteiger charge is 2.21. The average molecular weight is 378 g/mol. The van der Waals surface area contributed by atoms with Crippen molar-refractivity contribution < 1.29 is 9.53 Å². The van der Waals surface area contributed by atoms with Crippen LogP contribution in [0.5, 0.6) is 0 Å². The molecule has 0 aliphatic carbocycles. The molecule has 0 bridgehead atoms. The van der Waals surface area contributed by atoms with Gasteiger partial charge in [0.05, 0.1) is 18.2 Å². The maximum absolute atomic E-state index is 13.3. The van der Waals surface area contributed by atoms with Crippen LogP contribution in [0.3, 0.4) is 0 Å². The van der Waals surface area contributed by atoms with Crippen LogP contribution in [0.25, 0.3) is 10.8 Å². The summed E-state index contributed by atoms with van der Waals surface area (Å²) in [6, 6.07) is 17.1. The predicted octanol–water partition coefficient (Wildman–Crippen LogP) is 3.84. The summed E-state index contributed by atoms with van der Waals surface area (Å²) < 4.78 is 6.78. The highest BCUT2D eigenvalue weighted by molar-refractivity contribution is 6.07. The summed E-state index contributed by atoms with van der Waals surface area (Å²) in [4.78, 5) is 26.2. The summed E-state index contributed by atoms with van der Waals surface area (Å²) in [5.74, 6) is -0.171. The molecule has 5 nitrogen and oxygen atoms in total. The molecule has 1 N–H and O–H groups in total. The van der Waals surface area contributed by atoms with Gasteiger partial charge in [0.15, 0.2) is 0 Å². The van der Waals surface area contributed by atoms with E-state index < -0.39 is 0 Å². The van der Waals surface area contributed by atoms with E-state index in [1.54, 1.807) is 17.7 Å². The zero-order valence-electron chi connectivity index (χ0n) is 16.6. The fraction of sp³-hybridized carbons (Fsp3) is 0.304. The van der Waals surface area contributed by atoms with Gasteiger partial charge in [-0.15, -0.1) is 0 Å². The van der Waals surface area contributed by atoms with E-state index in [1.807, 2.05) is 62.4 Å². The second-order valence-electron chi connectivity index (χ2n) is 6.80. The van der Waals surface area contributed by atoms with Gasteiger partial charge in [0.2, 0.25) is 0 Å². The first-order valence-electron chi connectivity index (χ1n) is 9.55. The minimum Gasteiger partial charge on any atom is -0.383 e. The molecule has 1 unspecified atom stereocenters. The molecule has 0 aliphatic rings. The van der Waals surface area contributed by atoms with Crippen LogP contribution in [0.15, 0.2) is 59.4 Å². The monoisotopic (exact) mass is 378 g/mol. The van der Waals surface area contributed by atoms with Crippen LogP contribution >= 0.6 is 0 Å². The lowest BCUT2D eigenvalue weighted by molar-refractivity contribution is 0.0935. The molecule has 5 heteroatoms. The molecule has 0 saturated carbocycles. The molecule has 2 aromatic carbocycles. The van der Waals surface area contributed by atoms with Gasteiger partial charge in [-0.05, 0) is 25.0 Å². The first kappa shape index (κ1) is 19.8. The van der Waals surface area contributed by atoms with Crippen molar-refractivity contribution in [2.24, 2.45) is 0 Å². The molecule has 0 aliphatic heterocycles. The van der Waals surface area contributed by atoms with Crippen molar-refractivity contribution in [2.75, 3.05) is 13.7 Å². The maximum Gasteiger partial charge on any atom is 0.258 e. The number of fused-ring (bicyclic) bond motifs is 1. The normalized spacial score (nSPS) is 12.1. The Hall–Kier alpha value is -2.92. The number of rotatable bonds is 7. The number of carbonyl (C=O) groups excluding carboxylic acids is 1. The van der Waals surface area contributed by atoms with Crippen LogP contribution in [0.1, 0.15) is 41.0 Å². The summed E-state index contributed by atoms with van der Waals surface area (Å²) in [7, 11) is 1.60. The quantitative estimate of drug-likeness (QED) is 0.680. The van der Waals surface area contributed by atoms with Gasteiger partial charge >= 0.3 is 0 Å². The summed E-state index contributed by atoms with van der Waals surface area (Å²) in [6.45, 7) is 4.67. The molecule has 0 saturated heterocycles. The number of nitrogens with zero attached hydrogens (tertiary/aromatic N) is 1. The molecule has 0 spiro atoms. The highest BCUT2D eigenvalue weighted by atomic mass is 16.5. The standard InChI is InChI=1S/C23H26N2O3/c1-4-20(17-10-6-5-7-11-17)24-22(26)21-16(2)25(14-15-28-3)23(27)19-13-9-8-12-18(19)21/h5-13,20H,4,14-15H2,1-3H3,(H,24,26). The third-order valence-electron chi connectivity index (χ3n) is 5.10. The lowest BCUT2D eigenvalue weighted by Gasteiger charge is -2.21. The Balaban J connectivity index is 2.08. The third kappa shape index (κ3) is 3.85. The fourth-order valence-electron chi connectivity index (χ4n) is 3.59. The van der Waals surface area contributed by atoms with Crippen molar-refractivity contribution in [3.05, 3.63) is 81.8 Å². The van der Waals surface area contributed by atoms with Crippen molar-refractivity contribution in [3.63, 3.8) is 0 Å². The number of ether oxygens (including phenoxy) is 1. The Morgan fingerprint density at radius 2 is 1.71 bits per heavy atom. The number of aromatic nitrogens is 1. The van der Waals surface area contributed by atoms with Crippen LogP contribution in [-0.2, 0) is 11.3 Å². The van der Waals surface area contributed by atoms with E-state index in [4.69, 9.17) is 4.74 Å². The molecule has 1 aromatic heterocycles. The zero-order valence-corrected chi connectivity index (χ0v) is 16.6. The number of nitrogens with one attached hydrogen (secondary N) is 1. The molecule has 3 rings (SSSR count). The molecule has 3 aromatic rings. The lowest BCUT2D eigenvalue weighted by Crippen LogP contribution is -2.33. The molecule has 1 heterocycles. The third-order valence-corrected chi connectivity index (χ3v) is 5.10. The van der Waals surface area contributed by atoms with Crippen molar-refractivity contribution in [3.8, 4) is 0 Å². The topological polar surface area (TPSA) is 60.3 Å². The van der Waals surface area contributed by atoms with Crippen LogP contribution in [-0.4, -0.2) is 24.2 Å². The minimum absolute atomic E-state index is 0.0915. The Kier molecular flexibility index (Phi) is 6.26. The van der Waals surface area contributed by atoms with Gasteiger partial charge < -0.3 is 14.6 Å². The molecular formula is C23H26N2O3. The number of hydrogen-bond donors (Lipinski definition) is 1. The van der Waals surface area contributed by atoms with Crippen LogP contribution in [0, 0.1) is 6.92 Å². The highest BCUT2D eigenvalue weighted by Crippen LogP contribution is 2.22. The number of amides is 1. The molecule has 146 valence electrons. The summed E-state index contributed by atoms with van der Waals surface area (Å²) in [6.07, 6.45) is 0.774. The molecule has 28 heavy (non-hydrogen) atoms. The van der Waals surface area contributed by atoms with Gasteiger partial charge in [0.1, 0.15) is 0 Å². The second-order valence-corrected chi connectivity index (χ2v) is 6.80. The minimum atomic E-state index is -0.171. The first-order chi connectivity index (χ1) is 13.6. The summed E-state index contributed by atoms with van der Waals surface area (Å²) in [5.41, 5.74) is 2.16. The lowest BCUT2D eigenvalue weighted by atomic mass is 10.0. The number of carbonyl (C=O) groups is 1. The zero-order chi connectivity index (χ0) is 20.1. The molecule has 1 amide bonds. The first-order valence-corrected chi connectivity index (χ1v) is 9.55. The van der Waals surface area contributed by atoms with Crippen molar-refractivity contribution in [1.82, 2.24) is 9.88 Å². The maximum atomic E-state index is 13.3. The van der Waals surface area contributed by atoms with Crippen LogP contribution in [0.2, 0.25) is 0 Å². The second kappa shape index (κ2) is 8.85. The van der Waals surface area contributed by atoms with E-state index in [0.717, 1.165) is 12.0 Å². The van der Waals surface area contributed by atoms with Crippen molar-refractivity contribution in [2.45, 2.75) is 32.9 Å². The van der Waals surface area contributed by atoms with Gasteiger partial charge in [-0.25, -0.2) is 0 Å². The van der Waals surface area contributed by atoms with E-state index in [2.05, 4.69) is 5.32 Å². The van der Waals surface area contributed by atoms with E-state index in [9.17, 15) is 9.59 Å². The van der Waals surface area contributed by atoms with E-state index in [-0.39, 0.29) is 17.5 Å². The average Bonchev–Trinajstić information content (AvgIpc) is 2.72. The van der Waals surface area contributed by atoms with E-state index >= 15 is 0 Å². The smallest absolute Gasteiger partial charge is 0.258 e. The van der Waals surface area contributed by atoms with Crippen LogP contribution < -0.4 is 10.9 Å². The Labute approximate surface area is 165 Å². The van der Waals surface area contributed by atoms with Gasteiger partial charge in [-0.3, -0.25) is 9.59 Å². The Morgan fingerprint density at radius 1 is 1.07 bits per heavy atom. The number of pyridine rings is 1. The van der Waals surface area contributed by atoms with Crippen molar-refractivity contribution in [1.29, 1.82) is 0 Å². The Bertz CT molecular complexity index is 1030. The summed E-state index contributed by atoms with van der Waals surface area (Å²) in [5, 5.41) is 4.37. The largest absolute Gasteiger partial charge is 0.383 e. The van der Waals surface area contributed by atoms with Crippen LogP contribution in [0.4, 0.5) is 0 Å². The van der Waals surface area contributed by atoms with Gasteiger partial charge in [-0.2, -0.15) is 0 Å². The molecule has 0 fully saturated rings. The van der Waals surface area contributed by atoms with Gasteiger partial charge in [0.25, 0.3) is 11.5 Å². The van der Waals surface area contributed by atoms with E-state index in [1.165, 1.54) is 0 Å². The predicted molar refractivity (Wildman–Crippen MR) is 112 cm³/mol. The molecule has 0 radical (unpaired) electrons. The number of benzene rings is 2. The van der Waals surface area contributed by atoms with Gasteiger partial charge in [0, 0.05) is 30.1 Å². The Morgan fingerprint density at radius 3 is 2.36 bits per heavy atom. The number of hydrogen-bond acceptors (Lipinski definition) is 3. The molecular weight excluding hydrogens is 352 g/mol. The summed E-state index contributed by atoms with van der Waals surface area (Å²) >= 11 is 0. The number of methoxy groups -OCH3 is 1. The van der Waals surface area contributed by atoms with Gasteiger partial charge in [-0.1, -0.05) is 55.5 Å². The van der Waals surface area contributed by atoms with Crippen molar-refractivity contribution >= 4 is 16.7 Å². The molecule has 1 atom stereocenters. The SMILES string of the molecule is CCC(NC(=O)c1c(C)n(CCOC)c(=O)c2ccccc12)c1ccccc1. The fourth-order valence-corrected chi connectivity index (χ4v) is 3.59.